The van der Waals surface area contributed by atoms with Crippen LogP contribution in [0.4, 0.5) is 14.7 Å². The van der Waals surface area contributed by atoms with Crippen molar-refractivity contribution in [1.29, 1.82) is 0 Å². The van der Waals surface area contributed by atoms with E-state index in [1.807, 2.05) is 0 Å². The molecule has 0 atom stereocenters. The van der Waals surface area contributed by atoms with E-state index in [4.69, 9.17) is 4.74 Å². The fraction of sp³-hybridized carbons (Fsp3) is 0.182. The Labute approximate surface area is 106 Å². The number of carbonyl (C=O) groups is 1. The normalized spacial score (nSPS) is 10.3. The number of amides is 1. The second-order valence-electron chi connectivity index (χ2n) is 3.48. The minimum Gasteiger partial charge on any atom is -0.463 e. The van der Waals surface area contributed by atoms with Gasteiger partial charge in [0, 0.05) is 0 Å². The first-order valence-electron chi connectivity index (χ1n) is 5.41. The second-order valence-corrected chi connectivity index (χ2v) is 3.48. The van der Waals surface area contributed by atoms with Gasteiger partial charge in [-0.2, -0.15) is 4.98 Å². The van der Waals surface area contributed by atoms with Gasteiger partial charge in [0.1, 0.15) is 11.6 Å². The molecule has 0 bridgehead atoms. The van der Waals surface area contributed by atoms with Crippen molar-refractivity contribution >= 4 is 11.9 Å². The number of halogens is 2. The summed E-state index contributed by atoms with van der Waals surface area (Å²) in [6.07, 6.45) is 0. The molecular weight excluding hydrogens is 258 g/mol. The third-order valence-corrected chi connectivity index (χ3v) is 2.14. The number of benzene rings is 1. The van der Waals surface area contributed by atoms with Crippen molar-refractivity contribution in [3.63, 3.8) is 0 Å². The minimum absolute atomic E-state index is 0.0166. The molecule has 0 saturated heterocycles. The number of aromatic nitrogens is 3. The van der Waals surface area contributed by atoms with Crippen LogP contribution in [0.25, 0.3) is 0 Å². The maximum absolute atomic E-state index is 13.4. The van der Waals surface area contributed by atoms with Gasteiger partial charge in [-0.25, -0.2) is 13.9 Å². The fourth-order valence-electron chi connectivity index (χ4n) is 1.34. The Hall–Kier alpha value is -2.51. The molecule has 0 saturated carbocycles. The van der Waals surface area contributed by atoms with E-state index in [0.29, 0.717) is 6.61 Å². The maximum Gasteiger partial charge on any atom is 0.337 e. The molecule has 8 heteroatoms. The van der Waals surface area contributed by atoms with Crippen LogP contribution in [0.3, 0.4) is 0 Å². The topological polar surface area (TPSA) is 79.9 Å². The van der Waals surface area contributed by atoms with Crippen LogP contribution in [0.5, 0.6) is 6.01 Å². The zero-order valence-corrected chi connectivity index (χ0v) is 9.91. The Morgan fingerprint density at radius 1 is 1.47 bits per heavy atom. The van der Waals surface area contributed by atoms with Gasteiger partial charge in [-0.1, -0.05) is 0 Å². The minimum atomic E-state index is -0.837. The largest absolute Gasteiger partial charge is 0.463 e. The molecular formula is C11H10F2N4O2. The Kier molecular flexibility index (Phi) is 3.69. The van der Waals surface area contributed by atoms with Gasteiger partial charge in [0.05, 0.1) is 12.2 Å². The van der Waals surface area contributed by atoms with Crippen LogP contribution in [-0.4, -0.2) is 27.7 Å². The van der Waals surface area contributed by atoms with Crippen LogP contribution in [0.15, 0.2) is 18.2 Å². The zero-order valence-electron chi connectivity index (χ0n) is 9.91. The van der Waals surface area contributed by atoms with E-state index in [0.717, 1.165) is 18.2 Å². The van der Waals surface area contributed by atoms with Crippen molar-refractivity contribution in [2.45, 2.75) is 6.92 Å². The van der Waals surface area contributed by atoms with E-state index in [2.05, 4.69) is 20.5 Å². The van der Waals surface area contributed by atoms with Gasteiger partial charge in [0.15, 0.2) is 0 Å². The van der Waals surface area contributed by atoms with Crippen molar-refractivity contribution < 1.29 is 18.3 Å². The number of hydrogen-bond donors (Lipinski definition) is 2. The number of rotatable bonds is 4. The van der Waals surface area contributed by atoms with Crippen LogP contribution in [0.1, 0.15) is 17.3 Å². The third-order valence-electron chi connectivity index (χ3n) is 2.14. The van der Waals surface area contributed by atoms with E-state index in [9.17, 15) is 13.6 Å². The summed E-state index contributed by atoms with van der Waals surface area (Å²) in [5.41, 5.74) is -0.422. The SMILES string of the molecule is CCOc1n[nH]c(NC(=O)c2cc(F)ccc2F)n1. The van der Waals surface area contributed by atoms with Crippen molar-refractivity contribution in [3.8, 4) is 6.01 Å². The van der Waals surface area contributed by atoms with Crippen LogP contribution >= 0.6 is 0 Å². The van der Waals surface area contributed by atoms with E-state index in [-0.39, 0.29) is 12.0 Å². The van der Waals surface area contributed by atoms with Crippen molar-refractivity contribution in [1.82, 2.24) is 15.2 Å². The number of nitrogens with one attached hydrogen (secondary N) is 2. The molecule has 2 aromatic rings. The molecule has 2 N–H and O–H groups in total. The molecule has 0 aliphatic carbocycles. The van der Waals surface area contributed by atoms with E-state index in [1.165, 1.54) is 0 Å². The lowest BCUT2D eigenvalue weighted by Gasteiger charge is -2.02. The van der Waals surface area contributed by atoms with E-state index in [1.54, 1.807) is 6.92 Å². The highest BCUT2D eigenvalue weighted by Crippen LogP contribution is 2.12. The molecule has 1 aromatic heterocycles. The smallest absolute Gasteiger partial charge is 0.337 e. The monoisotopic (exact) mass is 268 g/mol. The molecule has 1 heterocycles. The molecule has 1 aromatic carbocycles. The summed E-state index contributed by atoms with van der Waals surface area (Å²) in [4.78, 5) is 15.5. The molecule has 2 rings (SSSR count). The van der Waals surface area contributed by atoms with Crippen LogP contribution < -0.4 is 10.1 Å². The summed E-state index contributed by atoms with van der Waals surface area (Å²) in [6, 6.07) is 2.65. The molecule has 19 heavy (non-hydrogen) atoms. The lowest BCUT2D eigenvalue weighted by Crippen LogP contribution is -2.15. The van der Waals surface area contributed by atoms with Gasteiger partial charge >= 0.3 is 6.01 Å². The van der Waals surface area contributed by atoms with Crippen LogP contribution in [-0.2, 0) is 0 Å². The highest BCUT2D eigenvalue weighted by molar-refractivity contribution is 6.03. The summed E-state index contributed by atoms with van der Waals surface area (Å²) in [7, 11) is 0. The van der Waals surface area contributed by atoms with E-state index >= 15 is 0 Å². The summed E-state index contributed by atoms with van der Waals surface area (Å²) in [5, 5.41) is 8.29. The second kappa shape index (κ2) is 5.42. The summed E-state index contributed by atoms with van der Waals surface area (Å²) >= 11 is 0. The predicted octanol–water partition coefficient (Wildman–Crippen LogP) is 1.73. The number of aromatic amines is 1. The Morgan fingerprint density at radius 2 is 2.26 bits per heavy atom. The average molecular weight is 268 g/mol. The molecule has 1 amide bonds. The first-order chi connectivity index (χ1) is 9.10. The number of carbonyl (C=O) groups excluding carboxylic acids is 1. The van der Waals surface area contributed by atoms with Crippen molar-refractivity contribution in [2.24, 2.45) is 0 Å². The molecule has 0 spiro atoms. The molecule has 0 aliphatic rings. The Balaban J connectivity index is 2.13. The number of H-pyrrole nitrogens is 1. The predicted molar refractivity (Wildman–Crippen MR) is 61.9 cm³/mol. The summed E-state index contributed by atoms with van der Waals surface area (Å²) in [6.45, 7) is 2.11. The maximum atomic E-state index is 13.4. The standard InChI is InChI=1S/C11H10F2N4O2/c1-2-19-11-15-10(16-17-11)14-9(18)7-5-6(12)3-4-8(7)13/h3-5H,2H2,1H3,(H2,14,15,16,17,18). The fourth-order valence-corrected chi connectivity index (χ4v) is 1.34. The highest BCUT2D eigenvalue weighted by Gasteiger charge is 2.15. The van der Waals surface area contributed by atoms with Gasteiger partial charge in [0.2, 0.25) is 5.95 Å². The molecule has 0 fully saturated rings. The Morgan fingerprint density at radius 3 is 3.00 bits per heavy atom. The molecule has 100 valence electrons. The number of hydrogen-bond acceptors (Lipinski definition) is 4. The van der Waals surface area contributed by atoms with Crippen molar-refractivity contribution in [3.05, 3.63) is 35.4 Å². The first kappa shape index (κ1) is 12.9. The lowest BCUT2D eigenvalue weighted by molar-refractivity contribution is 0.102. The molecule has 6 nitrogen and oxygen atoms in total. The van der Waals surface area contributed by atoms with Crippen LogP contribution in [0, 0.1) is 11.6 Å². The van der Waals surface area contributed by atoms with E-state index < -0.39 is 23.1 Å². The number of anilines is 1. The number of ether oxygens (including phenoxy) is 1. The van der Waals surface area contributed by atoms with Crippen LogP contribution in [0.2, 0.25) is 0 Å². The molecule has 0 aliphatic heterocycles. The molecule has 0 unspecified atom stereocenters. The molecule has 0 radical (unpaired) electrons. The first-order valence-corrected chi connectivity index (χ1v) is 5.41. The zero-order chi connectivity index (χ0) is 13.8. The van der Waals surface area contributed by atoms with Gasteiger partial charge in [0.25, 0.3) is 5.91 Å². The highest BCUT2D eigenvalue weighted by atomic mass is 19.1. The summed E-state index contributed by atoms with van der Waals surface area (Å²) in [5.74, 6) is -2.39. The Bertz CT molecular complexity index is 600. The van der Waals surface area contributed by atoms with Gasteiger partial charge in [-0.05, 0) is 25.1 Å². The number of nitrogens with zero attached hydrogens (tertiary/aromatic N) is 2. The van der Waals surface area contributed by atoms with Crippen molar-refractivity contribution in [2.75, 3.05) is 11.9 Å². The van der Waals surface area contributed by atoms with Gasteiger partial charge in [-0.15, -0.1) is 5.10 Å². The summed E-state index contributed by atoms with van der Waals surface area (Å²) < 4.78 is 31.3. The van der Waals surface area contributed by atoms with Gasteiger partial charge in [-0.3, -0.25) is 10.1 Å². The average Bonchev–Trinajstić information content (AvgIpc) is 2.80. The third kappa shape index (κ3) is 3.03. The quantitative estimate of drug-likeness (QED) is 0.885. The lowest BCUT2D eigenvalue weighted by atomic mass is 10.2. The van der Waals surface area contributed by atoms with Gasteiger partial charge < -0.3 is 4.74 Å².